The Morgan fingerprint density at radius 1 is 0.212 bits per heavy atom. The van der Waals surface area contributed by atoms with Crippen molar-refractivity contribution < 1.29 is 73.7 Å². The van der Waals surface area contributed by atoms with Gasteiger partial charge in [0.25, 0.3) is 0 Å². The molecule has 0 amide bonds. The number of hydrogen-bond donors (Lipinski definition) is 0. The summed E-state index contributed by atoms with van der Waals surface area (Å²) in [6, 6.07) is 0. The third-order valence-corrected chi connectivity index (χ3v) is 65.5. The Hall–Kier alpha value is 3.95. The summed E-state index contributed by atoms with van der Waals surface area (Å²) in [5.74, 6) is 0. The van der Waals surface area contributed by atoms with Crippen molar-refractivity contribution in [2.75, 3.05) is 0 Å². The predicted molar refractivity (Wildman–Crippen MR) is 137 cm³/mol. The molecule has 162 valence electrons. The molecule has 15 heteroatoms. The maximum atomic E-state index is 6.74. The topological polar surface area (TPSA) is 0 Å². The van der Waals surface area contributed by atoms with Gasteiger partial charge in [0.15, 0.2) is 0 Å². The molecule has 0 atom stereocenters. The minimum atomic E-state index is -2.36. The van der Waals surface area contributed by atoms with Crippen LogP contribution in [0.15, 0.2) is 0 Å². The molecule has 0 aliphatic carbocycles. The summed E-state index contributed by atoms with van der Waals surface area (Å²) in [7, 11) is 0. The van der Waals surface area contributed by atoms with Crippen molar-refractivity contribution in [2.24, 2.45) is 0 Å². The van der Waals surface area contributed by atoms with Gasteiger partial charge in [0.1, 0.15) is 0 Å². The summed E-state index contributed by atoms with van der Waals surface area (Å²) in [5.41, 5.74) is 0. The standard InChI is InChI=1S/3C6Cl4.3Hg/c3*7-3-1-2-4(8)6(10)5(3)9;;;. The fourth-order valence-corrected chi connectivity index (χ4v) is 61.9. The Morgan fingerprint density at radius 2 is 0.333 bits per heavy atom. The second-order valence-electron chi connectivity index (χ2n) is 7.17. The second kappa shape index (κ2) is 11.8. The van der Waals surface area contributed by atoms with Crippen molar-refractivity contribution >= 4 is 158 Å². The van der Waals surface area contributed by atoms with Crippen LogP contribution in [0, 0.1) is 0 Å². The van der Waals surface area contributed by atoms with E-state index in [9.17, 15) is 0 Å². The number of hydrogen-bond acceptors (Lipinski definition) is 0. The molecule has 0 aromatic heterocycles. The van der Waals surface area contributed by atoms with Crippen LogP contribution in [0.3, 0.4) is 0 Å². The summed E-state index contributed by atoms with van der Waals surface area (Å²) < 4.78 is 5.55. The van der Waals surface area contributed by atoms with Crippen LogP contribution in [0.25, 0.3) is 0 Å². The van der Waals surface area contributed by atoms with Crippen LogP contribution in [0.4, 0.5) is 0 Å². The van der Waals surface area contributed by atoms with Gasteiger partial charge in [-0.2, -0.15) is 0 Å². The molecule has 33 heavy (non-hydrogen) atoms. The normalized spacial score (nSPS) is 11.6. The van der Waals surface area contributed by atoms with Crippen LogP contribution in [0.1, 0.15) is 0 Å². The van der Waals surface area contributed by atoms with Crippen LogP contribution in [-0.4, -0.2) is 0 Å². The summed E-state index contributed by atoms with van der Waals surface area (Å²) >= 11 is 72.1. The van der Waals surface area contributed by atoms with E-state index in [0.29, 0.717) is 30.1 Å². The van der Waals surface area contributed by atoms with Gasteiger partial charge in [-0.15, -0.1) is 0 Å². The van der Waals surface area contributed by atoms with Crippen LogP contribution in [-0.2, 0) is 73.7 Å². The van der Waals surface area contributed by atoms with Gasteiger partial charge in [-0.3, -0.25) is 0 Å². The van der Waals surface area contributed by atoms with Crippen molar-refractivity contribution in [2.45, 2.75) is 0 Å². The van der Waals surface area contributed by atoms with Gasteiger partial charge in [-0.1, -0.05) is 0 Å². The first kappa shape index (κ1) is 29.9. The van der Waals surface area contributed by atoms with E-state index in [1.165, 1.54) is 0 Å². The summed E-state index contributed by atoms with van der Waals surface area (Å²) in [6.45, 7) is 0. The van der Waals surface area contributed by atoms with Crippen molar-refractivity contribution in [3.8, 4) is 0 Å². The van der Waals surface area contributed by atoms with Gasteiger partial charge < -0.3 is 0 Å². The monoisotopic (exact) mass is 1240 g/mol. The molecule has 0 nitrogen and oxygen atoms in total. The van der Waals surface area contributed by atoms with E-state index < -0.39 is 73.7 Å². The Morgan fingerprint density at radius 3 is 0.455 bits per heavy atom. The quantitative estimate of drug-likeness (QED) is 0.0955. The van der Waals surface area contributed by atoms with Crippen molar-refractivity contribution in [3.63, 3.8) is 0 Å². The van der Waals surface area contributed by atoms with E-state index in [1.807, 2.05) is 0 Å². The SMILES string of the molecule is Clc1c(Cl)c(Cl)[c]2[c](c1Cl)[Hg][c]1c(Cl)c(Cl)c(Cl)c(Cl)[c]1[Hg][c]1c(Cl)c(Cl)c(Cl)c(Cl)[c]1[Hg]2. The van der Waals surface area contributed by atoms with Crippen molar-refractivity contribution in [1.82, 2.24) is 0 Å². The van der Waals surface area contributed by atoms with Crippen LogP contribution in [0.5, 0.6) is 0 Å². The van der Waals surface area contributed by atoms with Gasteiger partial charge in [0.05, 0.1) is 0 Å². The molecular formula is C18Cl12Hg3. The van der Waals surface area contributed by atoms with E-state index in [2.05, 4.69) is 0 Å². The van der Waals surface area contributed by atoms with E-state index in [0.717, 1.165) is 18.4 Å². The van der Waals surface area contributed by atoms with Gasteiger partial charge in [-0.05, 0) is 0 Å². The third kappa shape index (κ3) is 5.36. The summed E-state index contributed by atoms with van der Waals surface area (Å²) in [6.07, 6.45) is 0. The molecule has 1 heterocycles. The minimum absolute atomic E-state index is 0.210. The van der Waals surface area contributed by atoms with Gasteiger partial charge >= 0.3 is 292 Å². The van der Waals surface area contributed by atoms with E-state index in [1.54, 1.807) is 0 Å². The molecule has 3 aromatic carbocycles. The molecule has 0 bridgehead atoms. The Bertz CT molecular complexity index is 1110. The predicted octanol–water partition coefficient (Wildman–Crippen LogP) is 7.94. The molecule has 0 spiro atoms. The molecule has 4 rings (SSSR count). The molecule has 1 aliphatic heterocycles. The maximum absolute atomic E-state index is 6.74. The van der Waals surface area contributed by atoms with Crippen LogP contribution in [0.2, 0.25) is 60.3 Å². The number of halogens is 12. The Labute approximate surface area is 286 Å². The average Bonchev–Trinajstić information content (AvgIpc) is 2.87. The first-order valence-corrected chi connectivity index (χ1v) is 29.9. The average molecular weight is 1240 g/mol. The molecule has 0 saturated carbocycles. The molecule has 0 fully saturated rings. The zero-order valence-corrected chi connectivity index (χ0v) is 41.2. The van der Waals surface area contributed by atoms with E-state index in [4.69, 9.17) is 139 Å². The Balaban J connectivity index is 2.23. The number of fused-ring (bicyclic) bond motifs is 3. The van der Waals surface area contributed by atoms with Crippen LogP contribution >= 0.6 is 139 Å². The zero-order valence-electron chi connectivity index (χ0n) is 15.7. The molecule has 0 unspecified atom stereocenters. The first-order valence-electron chi connectivity index (χ1n) is 8.89. The van der Waals surface area contributed by atoms with Gasteiger partial charge in [-0.25, -0.2) is 0 Å². The fourth-order valence-electron chi connectivity index (χ4n) is 3.80. The van der Waals surface area contributed by atoms with Gasteiger partial charge in [0.2, 0.25) is 0 Å². The summed E-state index contributed by atoms with van der Waals surface area (Å²) in [5, 5.41) is 3.56. The first-order chi connectivity index (χ1) is 15.4. The molecular weight excluding hydrogens is 1240 g/mol. The van der Waals surface area contributed by atoms with Gasteiger partial charge in [0, 0.05) is 0 Å². The van der Waals surface area contributed by atoms with Crippen molar-refractivity contribution in [1.29, 1.82) is 0 Å². The van der Waals surface area contributed by atoms with Crippen LogP contribution < -0.4 is 18.4 Å². The second-order valence-corrected chi connectivity index (χ2v) is 32.3. The number of benzene rings is 3. The Kier molecular flexibility index (Phi) is 10.7. The molecule has 0 radical (unpaired) electrons. The van der Waals surface area contributed by atoms with E-state index >= 15 is 0 Å². The fraction of sp³-hybridized carbons (Fsp3) is 0. The third-order valence-electron chi connectivity index (χ3n) is 5.48. The van der Waals surface area contributed by atoms with Crippen molar-refractivity contribution in [3.05, 3.63) is 60.3 Å². The molecule has 1 aliphatic rings. The number of rotatable bonds is 0. The summed E-state index contributed by atoms with van der Waals surface area (Å²) in [4.78, 5) is 0. The van der Waals surface area contributed by atoms with E-state index in [-0.39, 0.29) is 30.1 Å². The molecule has 3 aromatic rings. The zero-order chi connectivity index (χ0) is 24.5. The molecule has 0 N–H and O–H groups in total. The molecule has 0 saturated heterocycles.